The van der Waals surface area contributed by atoms with Crippen LogP contribution in [0, 0.1) is 0 Å². The third-order valence-electron chi connectivity index (χ3n) is 0.987. The van der Waals surface area contributed by atoms with E-state index in [1.807, 2.05) is 0 Å². The summed E-state index contributed by atoms with van der Waals surface area (Å²) in [6.45, 7) is 5.96. The van der Waals surface area contributed by atoms with Gasteiger partial charge in [-0.3, -0.25) is 0 Å². The molecule has 0 aliphatic rings. The van der Waals surface area contributed by atoms with Crippen LogP contribution in [0.3, 0.4) is 0 Å². The standard InChI is InChI=1S/C7H14O3/c1-3-5-6-7-9-10-8-4-2/h4H,2-3,5-7H2,1H3. The molecule has 0 aliphatic heterocycles. The first-order valence-corrected chi connectivity index (χ1v) is 3.47. The molecule has 0 unspecified atom stereocenters. The predicted octanol–water partition coefficient (Wildman–Crippen LogP) is 2.20. The van der Waals surface area contributed by atoms with Crippen LogP contribution in [0.1, 0.15) is 26.2 Å². The largest absolute Gasteiger partial charge is 0.317 e. The molecule has 0 spiro atoms. The van der Waals surface area contributed by atoms with Crippen LogP contribution in [0.5, 0.6) is 0 Å². The van der Waals surface area contributed by atoms with Crippen LogP contribution in [0.2, 0.25) is 0 Å². The monoisotopic (exact) mass is 146 g/mol. The van der Waals surface area contributed by atoms with Gasteiger partial charge in [0.25, 0.3) is 0 Å². The van der Waals surface area contributed by atoms with Gasteiger partial charge in [0.05, 0.1) is 6.61 Å². The summed E-state index contributed by atoms with van der Waals surface area (Å²) in [4.78, 5) is 8.84. The average Bonchev–Trinajstić information content (AvgIpc) is 1.97. The van der Waals surface area contributed by atoms with Crippen LogP contribution < -0.4 is 0 Å². The van der Waals surface area contributed by atoms with E-state index < -0.39 is 0 Å². The van der Waals surface area contributed by atoms with Crippen molar-refractivity contribution < 1.29 is 14.8 Å². The van der Waals surface area contributed by atoms with Gasteiger partial charge in [0.2, 0.25) is 0 Å². The van der Waals surface area contributed by atoms with Gasteiger partial charge in [0, 0.05) is 0 Å². The lowest BCUT2D eigenvalue weighted by molar-refractivity contribution is -0.489. The number of hydrogen-bond donors (Lipinski definition) is 0. The molecule has 0 N–H and O–H groups in total. The minimum absolute atomic E-state index is 0.571. The van der Waals surface area contributed by atoms with Crippen LogP contribution in [-0.4, -0.2) is 6.61 Å². The van der Waals surface area contributed by atoms with Gasteiger partial charge in [0.15, 0.2) is 0 Å². The van der Waals surface area contributed by atoms with Crippen molar-refractivity contribution in [2.75, 3.05) is 6.61 Å². The van der Waals surface area contributed by atoms with Gasteiger partial charge in [0.1, 0.15) is 6.26 Å². The summed E-state index contributed by atoms with van der Waals surface area (Å²) < 4.78 is 0. The Morgan fingerprint density at radius 2 is 2.20 bits per heavy atom. The van der Waals surface area contributed by atoms with E-state index in [9.17, 15) is 0 Å². The second-order valence-corrected chi connectivity index (χ2v) is 1.86. The summed E-state index contributed by atoms with van der Waals surface area (Å²) in [5.74, 6) is 0. The van der Waals surface area contributed by atoms with E-state index in [0.29, 0.717) is 6.61 Å². The van der Waals surface area contributed by atoms with E-state index in [4.69, 9.17) is 0 Å². The highest BCUT2D eigenvalue weighted by Gasteiger charge is 1.86. The Balaban J connectivity index is 2.70. The highest BCUT2D eigenvalue weighted by atomic mass is 17.5. The highest BCUT2D eigenvalue weighted by Crippen LogP contribution is 1.94. The van der Waals surface area contributed by atoms with Crippen molar-refractivity contribution in [3.05, 3.63) is 12.8 Å². The van der Waals surface area contributed by atoms with Crippen LogP contribution in [0.4, 0.5) is 0 Å². The summed E-state index contributed by atoms with van der Waals surface area (Å²) in [5.41, 5.74) is 0. The third-order valence-corrected chi connectivity index (χ3v) is 0.987. The molecule has 0 fully saturated rings. The highest BCUT2D eigenvalue weighted by molar-refractivity contribution is 4.41. The van der Waals surface area contributed by atoms with E-state index in [1.165, 1.54) is 12.7 Å². The lowest BCUT2D eigenvalue weighted by atomic mass is 10.3. The maximum Gasteiger partial charge on any atom is 0.125 e. The van der Waals surface area contributed by atoms with Crippen LogP contribution in [0.15, 0.2) is 12.8 Å². The first kappa shape index (κ1) is 9.46. The second-order valence-electron chi connectivity index (χ2n) is 1.86. The molecule has 10 heavy (non-hydrogen) atoms. The van der Waals surface area contributed by atoms with Crippen LogP contribution >= 0.6 is 0 Å². The smallest absolute Gasteiger partial charge is 0.125 e. The molecule has 0 amide bonds. The second kappa shape index (κ2) is 8.46. The Labute approximate surface area is 61.4 Å². The van der Waals surface area contributed by atoms with Gasteiger partial charge >= 0.3 is 0 Å². The molecule has 0 heterocycles. The first-order chi connectivity index (χ1) is 4.91. The van der Waals surface area contributed by atoms with E-state index in [0.717, 1.165) is 12.8 Å². The molecule has 0 aromatic heterocycles. The molecule has 0 rings (SSSR count). The Hall–Kier alpha value is -0.540. The van der Waals surface area contributed by atoms with Crippen molar-refractivity contribution in [2.45, 2.75) is 26.2 Å². The van der Waals surface area contributed by atoms with Crippen molar-refractivity contribution in [2.24, 2.45) is 0 Å². The average molecular weight is 146 g/mol. The van der Waals surface area contributed by atoms with Crippen LogP contribution in [-0.2, 0) is 14.8 Å². The zero-order valence-corrected chi connectivity index (χ0v) is 6.34. The topological polar surface area (TPSA) is 27.7 Å². The number of hydrogen-bond acceptors (Lipinski definition) is 3. The summed E-state index contributed by atoms with van der Waals surface area (Å²) in [7, 11) is 0. The van der Waals surface area contributed by atoms with E-state index in [-0.39, 0.29) is 0 Å². The van der Waals surface area contributed by atoms with Gasteiger partial charge in [-0.05, 0) is 11.5 Å². The molecule has 0 atom stereocenters. The molecule has 0 radical (unpaired) electrons. The van der Waals surface area contributed by atoms with Crippen molar-refractivity contribution in [1.82, 2.24) is 0 Å². The lowest BCUT2D eigenvalue weighted by Crippen LogP contribution is -1.94. The number of unbranched alkanes of at least 4 members (excludes halogenated alkanes) is 2. The quantitative estimate of drug-likeness (QED) is 0.238. The molecule has 0 aromatic carbocycles. The number of rotatable bonds is 7. The summed E-state index contributed by atoms with van der Waals surface area (Å²) in [6, 6.07) is 0. The van der Waals surface area contributed by atoms with E-state index in [2.05, 4.69) is 28.3 Å². The fraction of sp³-hybridized carbons (Fsp3) is 0.714. The van der Waals surface area contributed by atoms with E-state index >= 15 is 0 Å². The lowest BCUT2D eigenvalue weighted by Gasteiger charge is -1.98. The van der Waals surface area contributed by atoms with Crippen molar-refractivity contribution in [1.29, 1.82) is 0 Å². The molecule has 3 nitrogen and oxygen atoms in total. The Morgan fingerprint density at radius 1 is 1.40 bits per heavy atom. The summed E-state index contributed by atoms with van der Waals surface area (Å²) in [5, 5.41) is 4.21. The predicted molar refractivity (Wildman–Crippen MR) is 37.8 cm³/mol. The van der Waals surface area contributed by atoms with Gasteiger partial charge in [-0.15, -0.1) is 0 Å². The normalized spacial score (nSPS) is 9.30. The van der Waals surface area contributed by atoms with E-state index in [1.54, 1.807) is 0 Å². The molecule has 0 aliphatic carbocycles. The molecular weight excluding hydrogens is 132 g/mol. The fourth-order valence-corrected chi connectivity index (χ4v) is 0.501. The third kappa shape index (κ3) is 7.46. The minimum atomic E-state index is 0.571. The molecule has 0 saturated carbocycles. The zero-order chi connectivity index (χ0) is 7.66. The minimum Gasteiger partial charge on any atom is -0.317 e. The van der Waals surface area contributed by atoms with Gasteiger partial charge in [-0.25, -0.2) is 0 Å². The molecule has 0 saturated heterocycles. The zero-order valence-electron chi connectivity index (χ0n) is 6.34. The first-order valence-electron chi connectivity index (χ1n) is 3.47. The maximum absolute atomic E-state index is 4.58. The van der Waals surface area contributed by atoms with Gasteiger partial charge in [-0.2, -0.15) is 4.89 Å². The van der Waals surface area contributed by atoms with Gasteiger partial charge < -0.3 is 4.89 Å². The van der Waals surface area contributed by atoms with Crippen molar-refractivity contribution in [3.63, 3.8) is 0 Å². The molecule has 0 aromatic rings. The SMILES string of the molecule is C=COOOCCCCC. The van der Waals surface area contributed by atoms with Gasteiger partial charge in [-0.1, -0.05) is 26.3 Å². The fourth-order valence-electron chi connectivity index (χ4n) is 0.501. The summed E-state index contributed by atoms with van der Waals surface area (Å²) >= 11 is 0. The van der Waals surface area contributed by atoms with Crippen molar-refractivity contribution >= 4 is 0 Å². The Kier molecular flexibility index (Phi) is 8.00. The summed E-state index contributed by atoms with van der Waals surface area (Å²) in [6.07, 6.45) is 4.49. The Bertz CT molecular complexity index is 73.3. The molecular formula is C7H14O3. The maximum atomic E-state index is 4.58. The Morgan fingerprint density at radius 3 is 2.80 bits per heavy atom. The van der Waals surface area contributed by atoms with Crippen LogP contribution in [0.25, 0.3) is 0 Å². The van der Waals surface area contributed by atoms with Crippen molar-refractivity contribution in [3.8, 4) is 0 Å². The molecule has 60 valence electrons. The molecule has 0 bridgehead atoms. The molecule has 3 heteroatoms.